The molecule has 88 valence electrons. The minimum absolute atomic E-state index is 0.197. The van der Waals surface area contributed by atoms with Gasteiger partial charge in [0.15, 0.2) is 11.2 Å². The van der Waals surface area contributed by atoms with E-state index in [9.17, 15) is 14.4 Å². The summed E-state index contributed by atoms with van der Waals surface area (Å²) in [7, 11) is 3.06. The van der Waals surface area contributed by atoms with E-state index in [0.29, 0.717) is 4.57 Å². The highest BCUT2D eigenvalue weighted by atomic mass is 16.2. The Labute approximate surface area is 95.2 Å². The molecule has 0 fully saturated rings. The average molecular weight is 234 g/mol. The topological polar surface area (TPSA) is 78.9 Å². The summed E-state index contributed by atoms with van der Waals surface area (Å²) < 4.78 is 3.15. The minimum atomic E-state index is -0.751. The van der Waals surface area contributed by atoms with Crippen LogP contribution in [-0.4, -0.2) is 24.6 Å². The molecule has 0 amide bonds. The van der Waals surface area contributed by atoms with Crippen LogP contribution in [0.3, 0.4) is 0 Å². The second-order valence-corrected chi connectivity index (χ2v) is 3.55. The van der Waals surface area contributed by atoms with Gasteiger partial charge in [-0.3, -0.25) is 14.2 Å². The number of hydrogen-bond donors (Lipinski definition) is 0. The number of fused-ring (bicyclic) bond motifs is 1. The first-order valence-corrected chi connectivity index (χ1v) is 4.79. The molecule has 7 heteroatoms. The average Bonchev–Trinajstić information content (AvgIpc) is 2.68. The Balaban J connectivity index is 3.11. The molecule has 0 N–H and O–H groups in total. The molecule has 0 radical (unpaired) electrons. The maximum atomic E-state index is 12.0. The molecule has 0 spiro atoms. The van der Waals surface area contributed by atoms with Gasteiger partial charge in [-0.1, -0.05) is 6.58 Å². The quantitative estimate of drug-likeness (QED) is 0.609. The van der Waals surface area contributed by atoms with Crippen LogP contribution < -0.4 is 11.2 Å². The Morgan fingerprint density at radius 1 is 1.41 bits per heavy atom. The zero-order valence-corrected chi connectivity index (χ0v) is 9.38. The molecule has 7 nitrogen and oxygen atoms in total. The summed E-state index contributed by atoms with van der Waals surface area (Å²) in [6, 6.07) is 0. The third-order valence-corrected chi connectivity index (χ3v) is 2.51. The largest absolute Gasteiger partial charge is 0.339 e. The van der Waals surface area contributed by atoms with Crippen LogP contribution >= 0.6 is 0 Å². The number of rotatable bonds is 1. The summed E-state index contributed by atoms with van der Waals surface area (Å²) in [5, 5.41) is 0. The predicted octanol–water partition coefficient (Wildman–Crippen LogP) is -0.740. The molecule has 0 aliphatic carbocycles. The fourth-order valence-electron chi connectivity index (χ4n) is 1.63. The van der Waals surface area contributed by atoms with Crippen molar-refractivity contribution in [2.45, 2.75) is 0 Å². The molecule has 0 saturated heterocycles. The van der Waals surface area contributed by atoms with Crippen LogP contribution in [0, 0.1) is 0 Å². The number of allylic oxidation sites excluding steroid dienone is 1. The molecular formula is C10H10N4O3. The van der Waals surface area contributed by atoms with Gasteiger partial charge in [-0.25, -0.2) is 9.78 Å². The summed E-state index contributed by atoms with van der Waals surface area (Å²) in [5.74, 6) is -0.751. The molecule has 2 aromatic rings. The number of hydrogen-bond acceptors (Lipinski definition) is 4. The zero-order chi connectivity index (χ0) is 12.7. The summed E-state index contributed by atoms with van der Waals surface area (Å²) >= 11 is 0. The number of aryl methyl sites for hydroxylation is 2. The van der Waals surface area contributed by atoms with Crippen molar-refractivity contribution in [2.24, 2.45) is 14.1 Å². The first kappa shape index (κ1) is 11.1. The lowest BCUT2D eigenvalue weighted by atomic mass is 10.4. The van der Waals surface area contributed by atoms with Crippen LogP contribution in [0.2, 0.25) is 0 Å². The summed E-state index contributed by atoms with van der Waals surface area (Å²) in [5.41, 5.74) is -0.975. The monoisotopic (exact) mass is 234 g/mol. The number of carbonyl (C=O) groups excluding carboxylic acids is 1. The van der Waals surface area contributed by atoms with Crippen LogP contribution in [0.1, 0.15) is 4.79 Å². The Hall–Kier alpha value is -2.44. The Kier molecular flexibility index (Phi) is 2.31. The molecule has 0 aromatic carbocycles. The van der Waals surface area contributed by atoms with Gasteiger partial charge in [-0.2, -0.15) is 4.57 Å². The van der Waals surface area contributed by atoms with Crippen molar-refractivity contribution in [3.63, 3.8) is 0 Å². The Morgan fingerprint density at radius 2 is 2.06 bits per heavy atom. The van der Waals surface area contributed by atoms with Gasteiger partial charge < -0.3 is 4.57 Å². The van der Waals surface area contributed by atoms with Crippen molar-refractivity contribution < 1.29 is 4.79 Å². The highest BCUT2D eigenvalue weighted by Crippen LogP contribution is 2.02. The van der Waals surface area contributed by atoms with Crippen molar-refractivity contribution in [1.82, 2.24) is 18.7 Å². The Morgan fingerprint density at radius 3 is 2.65 bits per heavy atom. The predicted molar refractivity (Wildman–Crippen MR) is 61.0 cm³/mol. The first-order valence-electron chi connectivity index (χ1n) is 4.79. The zero-order valence-electron chi connectivity index (χ0n) is 9.38. The fraction of sp³-hybridized carbons (Fsp3) is 0.200. The van der Waals surface area contributed by atoms with E-state index in [1.54, 1.807) is 7.05 Å². The normalized spacial score (nSPS) is 10.7. The molecule has 17 heavy (non-hydrogen) atoms. The van der Waals surface area contributed by atoms with Crippen molar-refractivity contribution in [1.29, 1.82) is 0 Å². The van der Waals surface area contributed by atoms with E-state index in [0.717, 1.165) is 10.6 Å². The number of nitrogens with zero attached hydrogens (tertiary/aromatic N) is 4. The van der Waals surface area contributed by atoms with Gasteiger partial charge in [0.2, 0.25) is 0 Å². The van der Waals surface area contributed by atoms with Gasteiger partial charge in [0.25, 0.3) is 11.5 Å². The minimum Gasteiger partial charge on any atom is -0.328 e. The SMILES string of the molecule is C=CC(=O)n1c(=O)c2c(ncn2C)n(C)c1=O. The maximum absolute atomic E-state index is 12.0. The van der Waals surface area contributed by atoms with E-state index >= 15 is 0 Å². The molecule has 0 atom stereocenters. The molecule has 2 heterocycles. The van der Waals surface area contributed by atoms with Gasteiger partial charge in [0.1, 0.15) is 0 Å². The third-order valence-electron chi connectivity index (χ3n) is 2.51. The van der Waals surface area contributed by atoms with Crippen LogP contribution in [-0.2, 0) is 14.1 Å². The van der Waals surface area contributed by atoms with Crippen molar-refractivity contribution in [3.8, 4) is 0 Å². The van der Waals surface area contributed by atoms with E-state index < -0.39 is 17.2 Å². The second kappa shape index (κ2) is 3.55. The lowest BCUT2D eigenvalue weighted by Crippen LogP contribution is -2.42. The molecule has 0 aliphatic heterocycles. The molecular weight excluding hydrogens is 224 g/mol. The summed E-state index contributed by atoms with van der Waals surface area (Å²) in [6.07, 6.45) is 2.33. The van der Waals surface area contributed by atoms with Gasteiger partial charge in [-0.05, 0) is 6.08 Å². The number of imidazole rings is 1. The number of carbonyl (C=O) groups is 1. The van der Waals surface area contributed by atoms with Crippen molar-refractivity contribution in [2.75, 3.05) is 0 Å². The van der Waals surface area contributed by atoms with E-state index in [2.05, 4.69) is 11.6 Å². The second-order valence-electron chi connectivity index (χ2n) is 3.55. The maximum Gasteiger partial charge on any atom is 0.339 e. The Bertz CT molecular complexity index is 747. The highest BCUT2D eigenvalue weighted by Gasteiger charge is 2.17. The first-order chi connectivity index (χ1) is 7.99. The van der Waals surface area contributed by atoms with Crippen molar-refractivity contribution >= 4 is 17.1 Å². The van der Waals surface area contributed by atoms with Crippen LogP contribution in [0.25, 0.3) is 11.2 Å². The fourth-order valence-corrected chi connectivity index (χ4v) is 1.63. The highest BCUT2D eigenvalue weighted by molar-refractivity contribution is 5.90. The molecule has 2 aromatic heterocycles. The molecule has 2 rings (SSSR count). The van der Waals surface area contributed by atoms with E-state index in [1.165, 1.54) is 17.9 Å². The van der Waals surface area contributed by atoms with E-state index in [-0.39, 0.29) is 11.2 Å². The lowest BCUT2D eigenvalue weighted by molar-refractivity contribution is 0.0959. The van der Waals surface area contributed by atoms with E-state index in [1.807, 2.05) is 0 Å². The molecule has 0 bridgehead atoms. The van der Waals surface area contributed by atoms with Crippen LogP contribution in [0.4, 0.5) is 0 Å². The van der Waals surface area contributed by atoms with Crippen LogP contribution in [0.15, 0.2) is 28.6 Å². The van der Waals surface area contributed by atoms with Crippen LogP contribution in [0.5, 0.6) is 0 Å². The standard InChI is InChI=1S/C10H10N4O3/c1-4-6(15)14-9(16)7-8(11-5-12(7)2)13(3)10(14)17/h4-5H,1H2,2-3H3. The summed E-state index contributed by atoms with van der Waals surface area (Å²) in [4.78, 5) is 39.3. The van der Waals surface area contributed by atoms with Gasteiger partial charge in [-0.15, -0.1) is 0 Å². The van der Waals surface area contributed by atoms with E-state index in [4.69, 9.17) is 0 Å². The third kappa shape index (κ3) is 1.36. The van der Waals surface area contributed by atoms with Gasteiger partial charge in [0, 0.05) is 14.1 Å². The summed E-state index contributed by atoms with van der Waals surface area (Å²) in [6.45, 7) is 3.26. The number of aromatic nitrogens is 4. The molecule has 0 aliphatic rings. The van der Waals surface area contributed by atoms with Crippen molar-refractivity contribution in [3.05, 3.63) is 39.8 Å². The lowest BCUT2D eigenvalue weighted by Gasteiger charge is -2.04. The van der Waals surface area contributed by atoms with Gasteiger partial charge >= 0.3 is 5.69 Å². The molecule has 0 saturated carbocycles. The van der Waals surface area contributed by atoms with Gasteiger partial charge in [0.05, 0.1) is 6.33 Å². The smallest absolute Gasteiger partial charge is 0.328 e. The molecule has 0 unspecified atom stereocenters.